The fourth-order valence-electron chi connectivity index (χ4n) is 7.37. The zero-order valence-corrected chi connectivity index (χ0v) is 26.7. The molecule has 1 saturated carbocycles. The van der Waals surface area contributed by atoms with Crippen LogP contribution in [-0.4, -0.2) is 57.6 Å². The average molecular weight is 613 g/mol. The van der Waals surface area contributed by atoms with Gasteiger partial charge in [0.25, 0.3) is 11.8 Å². The van der Waals surface area contributed by atoms with Gasteiger partial charge in [-0.25, -0.2) is 0 Å². The van der Waals surface area contributed by atoms with Crippen LogP contribution in [0.2, 0.25) is 0 Å². The van der Waals surface area contributed by atoms with Crippen LogP contribution in [0.25, 0.3) is 0 Å². The van der Waals surface area contributed by atoms with Gasteiger partial charge >= 0.3 is 0 Å². The van der Waals surface area contributed by atoms with Gasteiger partial charge in [0.05, 0.1) is 29.8 Å². The van der Waals surface area contributed by atoms with Gasteiger partial charge in [-0.1, -0.05) is 94.0 Å². The summed E-state index contributed by atoms with van der Waals surface area (Å²) in [6.45, 7) is 2.87. The number of benzene rings is 2. The van der Waals surface area contributed by atoms with E-state index in [1.54, 1.807) is 24.3 Å². The maximum atomic E-state index is 13.6. The van der Waals surface area contributed by atoms with Crippen LogP contribution in [0, 0.1) is 11.8 Å². The van der Waals surface area contributed by atoms with Crippen LogP contribution in [0.15, 0.2) is 60.7 Å². The maximum absolute atomic E-state index is 13.6. The van der Waals surface area contributed by atoms with Crippen molar-refractivity contribution < 1.29 is 24.3 Å². The number of aliphatic hydroxyl groups is 1. The number of nitrogens with zero attached hydrogens (tertiary/aromatic N) is 2. The third-order valence-corrected chi connectivity index (χ3v) is 9.96. The molecule has 5 rings (SSSR count). The number of carbonyl (C=O) groups is 4. The van der Waals surface area contributed by atoms with Crippen molar-refractivity contribution in [1.82, 2.24) is 9.80 Å². The summed E-state index contributed by atoms with van der Waals surface area (Å²) in [4.78, 5) is 55.6. The molecular weight excluding hydrogens is 564 g/mol. The number of rotatable bonds is 15. The molecule has 3 aliphatic rings. The first-order valence-electron chi connectivity index (χ1n) is 17.1. The van der Waals surface area contributed by atoms with Crippen LogP contribution < -0.4 is 0 Å². The van der Waals surface area contributed by atoms with Crippen molar-refractivity contribution in [2.75, 3.05) is 13.1 Å². The van der Waals surface area contributed by atoms with E-state index < -0.39 is 6.10 Å². The van der Waals surface area contributed by atoms with E-state index in [2.05, 4.69) is 19.1 Å². The molecule has 3 amide bonds. The highest BCUT2D eigenvalue weighted by Crippen LogP contribution is 2.35. The van der Waals surface area contributed by atoms with Gasteiger partial charge in [-0.15, -0.1) is 0 Å². The third kappa shape index (κ3) is 7.81. The van der Waals surface area contributed by atoms with E-state index in [-0.39, 0.29) is 42.1 Å². The van der Waals surface area contributed by atoms with Gasteiger partial charge < -0.3 is 10.0 Å². The minimum Gasteiger partial charge on any atom is -0.389 e. The zero-order valence-electron chi connectivity index (χ0n) is 26.7. The van der Waals surface area contributed by atoms with E-state index in [0.717, 1.165) is 81.8 Å². The first-order chi connectivity index (χ1) is 21.9. The van der Waals surface area contributed by atoms with Crippen molar-refractivity contribution >= 4 is 23.5 Å². The van der Waals surface area contributed by atoms with Crippen LogP contribution in [-0.2, 0) is 16.0 Å². The first kappa shape index (κ1) is 32.8. The summed E-state index contributed by atoms with van der Waals surface area (Å²) >= 11 is 0. The van der Waals surface area contributed by atoms with Gasteiger partial charge in [0.1, 0.15) is 5.78 Å². The Bertz CT molecular complexity index is 1370. The molecule has 0 radical (unpaired) electrons. The Morgan fingerprint density at radius 3 is 2.38 bits per heavy atom. The highest BCUT2D eigenvalue weighted by atomic mass is 16.3. The summed E-state index contributed by atoms with van der Waals surface area (Å²) < 4.78 is 0. The van der Waals surface area contributed by atoms with Crippen LogP contribution in [0.5, 0.6) is 0 Å². The molecule has 0 spiro atoms. The lowest BCUT2D eigenvalue weighted by Crippen LogP contribution is -2.46. The molecule has 0 aromatic heterocycles. The van der Waals surface area contributed by atoms with Gasteiger partial charge in [-0.2, -0.15) is 0 Å². The summed E-state index contributed by atoms with van der Waals surface area (Å²) in [5, 5.41) is 10.3. The Morgan fingerprint density at radius 2 is 1.62 bits per heavy atom. The number of unbranched alkanes of at least 4 members (excludes halogenated alkanes) is 5. The van der Waals surface area contributed by atoms with E-state index in [4.69, 9.17) is 0 Å². The van der Waals surface area contributed by atoms with E-state index in [1.165, 1.54) is 4.90 Å². The lowest BCUT2D eigenvalue weighted by atomic mass is 9.89. The van der Waals surface area contributed by atoms with E-state index in [1.807, 2.05) is 29.2 Å². The van der Waals surface area contributed by atoms with Crippen LogP contribution >= 0.6 is 0 Å². The number of carbonyl (C=O) groups excluding carboxylic acids is 4. The second-order valence-corrected chi connectivity index (χ2v) is 13.0. The molecule has 2 aliphatic heterocycles. The summed E-state index contributed by atoms with van der Waals surface area (Å²) in [7, 11) is 0. The monoisotopic (exact) mass is 612 g/mol. The van der Waals surface area contributed by atoms with Crippen molar-refractivity contribution in [2.45, 2.75) is 103 Å². The Labute approximate surface area is 267 Å². The number of amides is 3. The fraction of sp³-hybridized carbons (Fsp3) is 0.526. The van der Waals surface area contributed by atoms with E-state index in [9.17, 15) is 24.3 Å². The molecule has 2 heterocycles. The Hall–Kier alpha value is -3.58. The summed E-state index contributed by atoms with van der Waals surface area (Å²) in [6, 6.07) is 14.6. The normalized spacial score (nSPS) is 21.9. The molecule has 0 bridgehead atoms. The Balaban J connectivity index is 1.11. The van der Waals surface area contributed by atoms with Gasteiger partial charge in [0, 0.05) is 25.3 Å². The van der Waals surface area contributed by atoms with Gasteiger partial charge in [-0.3, -0.25) is 24.1 Å². The number of ketones is 1. The van der Waals surface area contributed by atoms with Crippen molar-refractivity contribution in [3.8, 4) is 0 Å². The predicted octanol–water partition coefficient (Wildman–Crippen LogP) is 6.84. The van der Waals surface area contributed by atoms with Crippen molar-refractivity contribution in [3.05, 3.63) is 82.9 Å². The van der Waals surface area contributed by atoms with Crippen LogP contribution in [0.1, 0.15) is 122 Å². The summed E-state index contributed by atoms with van der Waals surface area (Å²) in [5.41, 5.74) is 3.01. The summed E-state index contributed by atoms with van der Waals surface area (Å²) in [5.74, 6) is 0.0675. The molecule has 4 atom stereocenters. The minimum atomic E-state index is -0.425. The highest BCUT2D eigenvalue weighted by Gasteiger charge is 2.40. The predicted molar refractivity (Wildman–Crippen MR) is 175 cm³/mol. The molecule has 0 saturated heterocycles. The van der Waals surface area contributed by atoms with Crippen molar-refractivity contribution in [3.63, 3.8) is 0 Å². The molecule has 45 heavy (non-hydrogen) atoms. The van der Waals surface area contributed by atoms with Crippen molar-refractivity contribution in [1.29, 1.82) is 0 Å². The Kier molecular flexibility index (Phi) is 11.4. The highest BCUT2D eigenvalue weighted by molar-refractivity contribution is 6.21. The number of Topliss-reactive ketones (excluding diaryl/α,β-unsaturated/α-hetero) is 1. The lowest BCUT2D eigenvalue weighted by molar-refractivity contribution is -0.134. The number of fused-ring (bicyclic) bond motifs is 2. The maximum Gasteiger partial charge on any atom is 0.261 e. The molecule has 2 aromatic carbocycles. The molecule has 1 N–H and O–H groups in total. The second kappa shape index (κ2) is 15.6. The zero-order chi connectivity index (χ0) is 31.8. The van der Waals surface area contributed by atoms with Crippen molar-refractivity contribution in [2.24, 2.45) is 11.8 Å². The molecule has 7 heteroatoms. The standard InChI is InChI=1S/C38H48N2O5/c1-2-3-6-14-29(41)22-20-28-21-23-35(42)31(28)16-7-4-5-8-19-36(43)39-25-24-27-13-9-10-15-30(27)34(39)26-40-37(44)32-17-11-12-18-33(32)38(40)45/h9-13,15,17-18,20,22,28-29,31,34,41H,2-8,14,16,19,21,23-26H2,1H3/b22-20+/t28-,29-,31+,34+/m0/s1. The van der Waals surface area contributed by atoms with Gasteiger partial charge in [0.15, 0.2) is 0 Å². The average Bonchev–Trinajstić information content (AvgIpc) is 3.52. The molecule has 1 aliphatic carbocycles. The van der Waals surface area contributed by atoms with Gasteiger partial charge in [-0.05, 0) is 61.3 Å². The number of hydrogen-bond acceptors (Lipinski definition) is 5. The van der Waals surface area contributed by atoms with Gasteiger partial charge in [0.2, 0.25) is 5.91 Å². The van der Waals surface area contributed by atoms with E-state index >= 15 is 0 Å². The van der Waals surface area contributed by atoms with Crippen LogP contribution in [0.4, 0.5) is 0 Å². The molecule has 7 nitrogen and oxygen atoms in total. The number of hydrogen-bond donors (Lipinski definition) is 1. The van der Waals surface area contributed by atoms with Crippen LogP contribution in [0.3, 0.4) is 0 Å². The minimum absolute atomic E-state index is 0.0436. The molecule has 0 unspecified atom stereocenters. The lowest BCUT2D eigenvalue weighted by Gasteiger charge is -2.39. The number of allylic oxidation sites excluding steroid dienone is 1. The topological polar surface area (TPSA) is 95.0 Å². The number of imide groups is 1. The van der Waals surface area contributed by atoms with E-state index in [0.29, 0.717) is 36.3 Å². The number of aliphatic hydroxyl groups excluding tert-OH is 1. The smallest absolute Gasteiger partial charge is 0.261 e. The first-order valence-corrected chi connectivity index (χ1v) is 17.1. The molecule has 1 fully saturated rings. The Morgan fingerprint density at radius 1 is 0.911 bits per heavy atom. The molecule has 240 valence electrons. The quantitative estimate of drug-likeness (QED) is 0.135. The second-order valence-electron chi connectivity index (χ2n) is 13.0. The molecule has 2 aromatic rings. The molecular formula is C38H48N2O5. The largest absolute Gasteiger partial charge is 0.389 e. The summed E-state index contributed by atoms with van der Waals surface area (Å²) in [6.07, 6.45) is 14.8. The fourth-order valence-corrected chi connectivity index (χ4v) is 7.37. The SMILES string of the molecule is CCCCC[C@H](O)/C=C/[C@H]1CCC(=O)[C@@H]1CCCCCCC(=O)N1CCc2ccccc2[C@H]1CN1C(=O)c2ccccc2C1=O. The third-order valence-electron chi connectivity index (χ3n) is 9.96.